The number of aryl methyl sites for hydroxylation is 1. The van der Waals surface area contributed by atoms with Crippen LogP contribution in [0.5, 0.6) is 11.5 Å². The van der Waals surface area contributed by atoms with E-state index < -0.39 is 15.9 Å². The molecule has 1 aliphatic heterocycles. The molecule has 0 radical (unpaired) electrons. The smallest absolute Gasteiger partial charge is 0.306 e. The van der Waals surface area contributed by atoms with Crippen LogP contribution in [0.1, 0.15) is 27.9 Å². The molecule has 6 aromatic rings. The lowest BCUT2D eigenvalue weighted by atomic mass is 10.0. The highest BCUT2D eigenvalue weighted by atomic mass is 32.2. The third-order valence-corrected chi connectivity index (χ3v) is 9.79. The summed E-state index contributed by atoms with van der Waals surface area (Å²) in [6, 6.07) is 34.5. The van der Waals surface area contributed by atoms with Crippen molar-refractivity contribution >= 4 is 49.4 Å². The highest BCUT2D eigenvalue weighted by Gasteiger charge is 2.35. The number of sulfonamides is 1. The quantitative estimate of drug-likeness (QED) is 0.122. The Balaban J connectivity index is 1.23. The molecular formula is C38H30N2O7S. The van der Waals surface area contributed by atoms with E-state index in [1.54, 1.807) is 54.6 Å². The van der Waals surface area contributed by atoms with Crippen LogP contribution in [-0.2, 0) is 32.6 Å². The third-order valence-electron chi connectivity index (χ3n) is 8.07. The molecule has 0 bridgehead atoms. The van der Waals surface area contributed by atoms with Crippen LogP contribution in [0, 0.1) is 0 Å². The Labute approximate surface area is 277 Å². The molecule has 0 atom stereocenters. The van der Waals surface area contributed by atoms with Crippen molar-refractivity contribution in [3.8, 4) is 11.5 Å². The molecule has 0 spiro atoms. The Hall–Kier alpha value is -5.74. The zero-order valence-corrected chi connectivity index (χ0v) is 26.6. The van der Waals surface area contributed by atoms with Crippen molar-refractivity contribution in [2.24, 2.45) is 0 Å². The zero-order valence-electron chi connectivity index (χ0n) is 25.7. The fraction of sp³-hybridized carbons (Fsp3) is 0.132. The molecule has 0 fully saturated rings. The number of hydrogen-bond acceptors (Lipinski definition) is 8. The van der Waals surface area contributed by atoms with E-state index in [-0.39, 0.29) is 41.8 Å². The van der Waals surface area contributed by atoms with Gasteiger partial charge in [0.1, 0.15) is 19.8 Å². The molecule has 1 aromatic heterocycles. The summed E-state index contributed by atoms with van der Waals surface area (Å²) in [4.78, 5) is 31.8. The standard InChI is InChI=1S/C38H30N2O7S/c41-36(47-25-27-8-2-1-3-9-27)21-16-26-14-18-29(19-15-26)48(43,44)40(28-17-20-34-35(24-28)46-23-22-45-34)38(42)37-30-10-4-6-12-32(30)39-33-13-7-5-11-31(33)37/h1-15,17-20,24H,16,21-23,25H2. The second-order valence-corrected chi connectivity index (χ2v) is 13.0. The molecule has 5 aromatic carbocycles. The maximum atomic E-state index is 14.8. The van der Waals surface area contributed by atoms with Gasteiger partial charge in [0, 0.05) is 23.3 Å². The van der Waals surface area contributed by atoms with E-state index in [0.29, 0.717) is 46.3 Å². The van der Waals surface area contributed by atoms with Gasteiger partial charge in [-0.2, -0.15) is 4.31 Å². The summed E-state index contributed by atoms with van der Waals surface area (Å²) in [6.45, 7) is 0.833. The van der Waals surface area contributed by atoms with Gasteiger partial charge in [0.2, 0.25) is 0 Å². The molecule has 0 aliphatic carbocycles. The Kier molecular flexibility index (Phi) is 8.48. The molecule has 2 heterocycles. The van der Waals surface area contributed by atoms with Gasteiger partial charge in [-0.15, -0.1) is 0 Å². The van der Waals surface area contributed by atoms with Crippen LogP contribution in [0.2, 0.25) is 0 Å². The number of fused-ring (bicyclic) bond motifs is 3. The molecule has 1 aliphatic rings. The Morgan fingerprint density at radius 2 is 1.33 bits per heavy atom. The summed E-state index contributed by atoms with van der Waals surface area (Å²) in [5.41, 5.74) is 3.07. The highest BCUT2D eigenvalue weighted by molar-refractivity contribution is 7.93. The van der Waals surface area contributed by atoms with Gasteiger partial charge < -0.3 is 14.2 Å². The van der Waals surface area contributed by atoms with Crippen LogP contribution >= 0.6 is 0 Å². The molecule has 0 N–H and O–H groups in total. The number of anilines is 1. The maximum Gasteiger partial charge on any atom is 0.306 e. The highest BCUT2D eigenvalue weighted by Crippen LogP contribution is 2.38. The summed E-state index contributed by atoms with van der Waals surface area (Å²) in [5.74, 6) is -0.304. The van der Waals surface area contributed by atoms with E-state index in [9.17, 15) is 18.0 Å². The van der Waals surface area contributed by atoms with Crippen LogP contribution in [0.25, 0.3) is 21.8 Å². The number of carbonyl (C=O) groups excluding carboxylic acids is 2. The number of nitrogens with zero attached hydrogens (tertiary/aromatic N) is 2. The molecule has 0 saturated heterocycles. The van der Waals surface area contributed by atoms with Crippen molar-refractivity contribution in [3.63, 3.8) is 0 Å². The first-order valence-electron chi connectivity index (χ1n) is 15.4. The molecule has 10 heteroatoms. The van der Waals surface area contributed by atoms with Crippen molar-refractivity contribution < 1.29 is 32.2 Å². The van der Waals surface area contributed by atoms with Crippen molar-refractivity contribution in [1.29, 1.82) is 0 Å². The van der Waals surface area contributed by atoms with Gasteiger partial charge in [-0.1, -0.05) is 78.9 Å². The van der Waals surface area contributed by atoms with Gasteiger partial charge in [-0.3, -0.25) is 9.59 Å². The SMILES string of the molecule is O=C(CCc1ccc(S(=O)(=O)N(C(=O)c2c3ccccc3nc3ccccc23)c2ccc3c(c2)OCCO3)cc1)OCc1ccccc1. The fourth-order valence-electron chi connectivity index (χ4n) is 5.69. The average molecular weight is 659 g/mol. The fourth-order valence-corrected chi connectivity index (χ4v) is 7.08. The van der Waals surface area contributed by atoms with Crippen LogP contribution < -0.4 is 13.8 Å². The van der Waals surface area contributed by atoms with E-state index in [2.05, 4.69) is 0 Å². The molecule has 0 saturated carbocycles. The summed E-state index contributed by atoms with van der Waals surface area (Å²) >= 11 is 0. The van der Waals surface area contributed by atoms with Crippen molar-refractivity contribution in [1.82, 2.24) is 4.98 Å². The monoisotopic (exact) mass is 658 g/mol. The summed E-state index contributed by atoms with van der Waals surface area (Å²) in [6.07, 6.45) is 0.483. The van der Waals surface area contributed by atoms with Gasteiger partial charge in [-0.05, 0) is 53.9 Å². The van der Waals surface area contributed by atoms with E-state index in [0.717, 1.165) is 15.4 Å². The van der Waals surface area contributed by atoms with E-state index in [1.807, 2.05) is 42.5 Å². The number of ether oxygens (including phenoxy) is 3. The molecule has 7 rings (SSSR count). The van der Waals surface area contributed by atoms with Crippen molar-refractivity contribution in [2.45, 2.75) is 24.3 Å². The van der Waals surface area contributed by atoms with Gasteiger partial charge in [-0.25, -0.2) is 13.4 Å². The van der Waals surface area contributed by atoms with Crippen LogP contribution in [0.3, 0.4) is 0 Å². The number of rotatable bonds is 9. The minimum Gasteiger partial charge on any atom is -0.486 e. The number of esters is 1. The van der Waals surface area contributed by atoms with Crippen LogP contribution in [0.4, 0.5) is 5.69 Å². The predicted octanol–water partition coefficient (Wildman–Crippen LogP) is 6.87. The lowest BCUT2D eigenvalue weighted by Crippen LogP contribution is -2.37. The minimum absolute atomic E-state index is 0.0937. The molecule has 9 nitrogen and oxygen atoms in total. The first-order chi connectivity index (χ1) is 23.4. The lowest BCUT2D eigenvalue weighted by molar-refractivity contribution is -0.144. The van der Waals surface area contributed by atoms with Gasteiger partial charge in [0.15, 0.2) is 11.5 Å². The van der Waals surface area contributed by atoms with Gasteiger partial charge in [0.25, 0.3) is 15.9 Å². The second kappa shape index (κ2) is 13.2. The molecule has 48 heavy (non-hydrogen) atoms. The minimum atomic E-state index is -4.48. The van der Waals surface area contributed by atoms with Gasteiger partial charge in [0.05, 0.1) is 27.2 Å². The van der Waals surface area contributed by atoms with E-state index >= 15 is 0 Å². The molecule has 240 valence electrons. The molecule has 0 unspecified atom stereocenters. The number of carbonyl (C=O) groups is 2. The number of hydrogen-bond donors (Lipinski definition) is 0. The maximum absolute atomic E-state index is 14.8. The van der Waals surface area contributed by atoms with Crippen LogP contribution in [0.15, 0.2) is 126 Å². The summed E-state index contributed by atoms with van der Waals surface area (Å²) < 4.78 is 46.7. The van der Waals surface area contributed by atoms with E-state index in [4.69, 9.17) is 19.2 Å². The first kappa shape index (κ1) is 30.9. The van der Waals surface area contributed by atoms with Crippen LogP contribution in [-0.4, -0.2) is 38.5 Å². The second-order valence-electron chi connectivity index (χ2n) is 11.2. The third kappa shape index (κ3) is 6.17. The molecule has 1 amide bonds. The average Bonchev–Trinajstić information content (AvgIpc) is 3.12. The zero-order chi connectivity index (χ0) is 33.1. The van der Waals surface area contributed by atoms with Crippen molar-refractivity contribution in [3.05, 3.63) is 138 Å². The Bertz CT molecular complexity index is 2200. The normalized spacial score (nSPS) is 12.5. The largest absolute Gasteiger partial charge is 0.486 e. The Morgan fingerprint density at radius 3 is 2.02 bits per heavy atom. The number of aromatic nitrogens is 1. The summed E-state index contributed by atoms with van der Waals surface area (Å²) in [7, 11) is -4.48. The van der Waals surface area contributed by atoms with Crippen molar-refractivity contribution in [2.75, 3.05) is 17.5 Å². The lowest BCUT2D eigenvalue weighted by Gasteiger charge is -2.26. The number of para-hydroxylation sites is 2. The Morgan fingerprint density at radius 1 is 0.708 bits per heavy atom. The summed E-state index contributed by atoms with van der Waals surface area (Å²) in [5, 5.41) is 1.04. The number of amides is 1. The molecular weight excluding hydrogens is 628 g/mol. The number of benzene rings is 5. The predicted molar refractivity (Wildman–Crippen MR) is 182 cm³/mol. The number of pyridine rings is 1. The van der Waals surface area contributed by atoms with Gasteiger partial charge >= 0.3 is 5.97 Å². The first-order valence-corrected chi connectivity index (χ1v) is 16.9. The van der Waals surface area contributed by atoms with E-state index in [1.165, 1.54) is 24.3 Å². The topological polar surface area (TPSA) is 112 Å².